The molecule has 0 spiro atoms. The van der Waals surface area contributed by atoms with Crippen LogP contribution in [0.25, 0.3) is 11.3 Å². The molecule has 24 heavy (non-hydrogen) atoms. The van der Waals surface area contributed by atoms with E-state index in [9.17, 15) is 26.3 Å². The van der Waals surface area contributed by atoms with Crippen molar-refractivity contribution in [3.05, 3.63) is 45.1 Å². The molecule has 1 N–H and O–H groups in total. The molecule has 0 saturated heterocycles. The standard InChI is InChI=1S/C15H9BrF6N2/c1-2-7-3-4-10(16)8(5-7)12-11(14(17,18)19)9(6-23)13(24-12)15(20,21)22/h3-5,24H,2H2,1H3. The summed E-state index contributed by atoms with van der Waals surface area (Å²) in [6, 6.07) is 5.47. The lowest BCUT2D eigenvalue weighted by Crippen LogP contribution is -2.11. The van der Waals surface area contributed by atoms with E-state index in [0.29, 0.717) is 12.0 Å². The Kier molecular flexibility index (Phi) is 4.72. The summed E-state index contributed by atoms with van der Waals surface area (Å²) in [7, 11) is 0. The predicted octanol–water partition coefficient (Wildman–Crippen LogP) is 5.92. The number of nitriles is 1. The largest absolute Gasteiger partial charge is 0.432 e. The molecule has 0 bridgehead atoms. The molecule has 1 aromatic carbocycles. The second-order valence-electron chi connectivity index (χ2n) is 4.90. The van der Waals surface area contributed by atoms with Crippen LogP contribution in [0.2, 0.25) is 0 Å². The maximum absolute atomic E-state index is 13.3. The Balaban J connectivity index is 2.90. The number of aromatic amines is 1. The molecule has 0 saturated carbocycles. The quantitative estimate of drug-likeness (QED) is 0.613. The zero-order valence-corrected chi connectivity index (χ0v) is 13.6. The lowest BCUT2D eigenvalue weighted by atomic mass is 10.0. The summed E-state index contributed by atoms with van der Waals surface area (Å²) in [5.41, 5.74) is -5.02. The molecule has 0 fully saturated rings. The predicted molar refractivity (Wildman–Crippen MR) is 78.0 cm³/mol. The molecule has 2 aromatic rings. The smallest absolute Gasteiger partial charge is 0.349 e. The van der Waals surface area contributed by atoms with Crippen LogP contribution in [0.4, 0.5) is 26.3 Å². The van der Waals surface area contributed by atoms with Crippen molar-refractivity contribution in [2.24, 2.45) is 0 Å². The minimum atomic E-state index is -5.12. The van der Waals surface area contributed by atoms with Crippen LogP contribution in [0.1, 0.15) is 29.3 Å². The summed E-state index contributed by atoms with van der Waals surface area (Å²) in [5.74, 6) is 0. The first-order valence-electron chi connectivity index (χ1n) is 6.60. The summed E-state index contributed by atoms with van der Waals surface area (Å²) in [6.07, 6.45) is -9.75. The van der Waals surface area contributed by atoms with Crippen molar-refractivity contribution in [2.45, 2.75) is 25.7 Å². The molecule has 0 radical (unpaired) electrons. The van der Waals surface area contributed by atoms with Crippen LogP contribution in [-0.2, 0) is 18.8 Å². The first kappa shape index (κ1) is 18.4. The van der Waals surface area contributed by atoms with Crippen LogP contribution >= 0.6 is 15.9 Å². The Morgan fingerprint density at radius 1 is 1.12 bits per heavy atom. The zero-order valence-electron chi connectivity index (χ0n) is 12.0. The Hall–Kier alpha value is -1.95. The zero-order chi connectivity index (χ0) is 18.3. The highest BCUT2D eigenvalue weighted by atomic mass is 79.9. The van der Waals surface area contributed by atoms with Gasteiger partial charge in [-0.1, -0.05) is 28.9 Å². The number of H-pyrrole nitrogens is 1. The number of benzene rings is 1. The van der Waals surface area contributed by atoms with Gasteiger partial charge in [0.25, 0.3) is 0 Å². The number of alkyl halides is 6. The van der Waals surface area contributed by atoms with E-state index in [-0.39, 0.29) is 10.0 Å². The molecule has 2 rings (SSSR count). The minimum Gasteiger partial charge on any atom is -0.349 e. The lowest BCUT2D eigenvalue weighted by molar-refractivity contribution is -0.142. The molecule has 0 aliphatic heterocycles. The van der Waals surface area contributed by atoms with Gasteiger partial charge in [-0.15, -0.1) is 0 Å². The van der Waals surface area contributed by atoms with Crippen LogP contribution in [0, 0.1) is 11.3 Å². The summed E-state index contributed by atoms with van der Waals surface area (Å²) in [6.45, 7) is 1.76. The fourth-order valence-corrected chi connectivity index (χ4v) is 2.74. The molecule has 0 atom stereocenters. The van der Waals surface area contributed by atoms with Gasteiger partial charge in [-0.05, 0) is 24.1 Å². The highest BCUT2D eigenvalue weighted by Gasteiger charge is 2.46. The van der Waals surface area contributed by atoms with E-state index < -0.39 is 34.9 Å². The van der Waals surface area contributed by atoms with Gasteiger partial charge in [0, 0.05) is 10.0 Å². The van der Waals surface area contributed by atoms with Crippen molar-refractivity contribution in [2.75, 3.05) is 0 Å². The van der Waals surface area contributed by atoms with E-state index in [1.807, 2.05) is 0 Å². The number of halogens is 7. The highest BCUT2D eigenvalue weighted by Crippen LogP contribution is 2.45. The van der Waals surface area contributed by atoms with Crippen molar-refractivity contribution in [3.63, 3.8) is 0 Å². The van der Waals surface area contributed by atoms with Crippen molar-refractivity contribution in [1.29, 1.82) is 5.26 Å². The summed E-state index contributed by atoms with van der Waals surface area (Å²) in [4.78, 5) is 1.76. The third-order valence-electron chi connectivity index (χ3n) is 3.39. The SMILES string of the molecule is CCc1ccc(Br)c(-c2[nH]c(C(F)(F)F)c(C#N)c2C(F)(F)F)c1. The molecule has 0 aliphatic carbocycles. The van der Waals surface area contributed by atoms with Gasteiger partial charge in [-0.2, -0.15) is 31.6 Å². The van der Waals surface area contributed by atoms with Gasteiger partial charge in [0.05, 0.1) is 16.8 Å². The second kappa shape index (κ2) is 6.16. The third kappa shape index (κ3) is 3.29. The lowest BCUT2D eigenvalue weighted by Gasteiger charge is -2.11. The average molecular weight is 411 g/mol. The highest BCUT2D eigenvalue weighted by molar-refractivity contribution is 9.10. The van der Waals surface area contributed by atoms with Gasteiger partial charge in [-0.3, -0.25) is 0 Å². The topological polar surface area (TPSA) is 39.6 Å². The van der Waals surface area contributed by atoms with E-state index in [2.05, 4.69) is 15.9 Å². The van der Waals surface area contributed by atoms with Gasteiger partial charge < -0.3 is 4.98 Å². The van der Waals surface area contributed by atoms with Crippen LogP contribution in [0.5, 0.6) is 0 Å². The van der Waals surface area contributed by atoms with E-state index in [1.54, 1.807) is 18.0 Å². The number of hydrogen-bond donors (Lipinski definition) is 1. The Bertz CT molecular complexity index is 811. The molecule has 0 aliphatic rings. The number of nitrogens with one attached hydrogen (secondary N) is 1. The fourth-order valence-electron chi connectivity index (χ4n) is 2.29. The third-order valence-corrected chi connectivity index (χ3v) is 4.08. The maximum Gasteiger partial charge on any atom is 0.432 e. The fraction of sp³-hybridized carbons (Fsp3) is 0.267. The first-order valence-corrected chi connectivity index (χ1v) is 7.39. The van der Waals surface area contributed by atoms with Crippen LogP contribution in [0.3, 0.4) is 0 Å². The van der Waals surface area contributed by atoms with Crippen LogP contribution in [-0.4, -0.2) is 4.98 Å². The molecular formula is C15H9BrF6N2. The van der Waals surface area contributed by atoms with Crippen molar-refractivity contribution < 1.29 is 26.3 Å². The Morgan fingerprint density at radius 2 is 1.75 bits per heavy atom. The van der Waals surface area contributed by atoms with Gasteiger partial charge in [0.15, 0.2) is 0 Å². The van der Waals surface area contributed by atoms with Gasteiger partial charge in [0.2, 0.25) is 0 Å². The van der Waals surface area contributed by atoms with E-state index in [0.717, 1.165) is 6.07 Å². The van der Waals surface area contributed by atoms with Crippen molar-refractivity contribution in [3.8, 4) is 17.3 Å². The number of aromatic nitrogens is 1. The van der Waals surface area contributed by atoms with Crippen molar-refractivity contribution >= 4 is 15.9 Å². The number of nitrogens with zero attached hydrogens (tertiary/aromatic N) is 1. The second-order valence-corrected chi connectivity index (χ2v) is 5.75. The first-order chi connectivity index (χ1) is 11.0. The molecule has 1 aromatic heterocycles. The molecule has 0 unspecified atom stereocenters. The van der Waals surface area contributed by atoms with E-state index in [4.69, 9.17) is 5.26 Å². The summed E-state index contributed by atoms with van der Waals surface area (Å²) < 4.78 is 79.3. The number of aryl methyl sites for hydroxylation is 1. The molecule has 1 heterocycles. The molecule has 0 amide bonds. The normalized spacial score (nSPS) is 12.3. The summed E-state index contributed by atoms with van der Waals surface area (Å²) in [5, 5.41) is 8.87. The summed E-state index contributed by atoms with van der Waals surface area (Å²) >= 11 is 3.05. The number of rotatable bonds is 2. The molecule has 9 heteroatoms. The van der Waals surface area contributed by atoms with Crippen LogP contribution < -0.4 is 0 Å². The average Bonchev–Trinajstić information content (AvgIpc) is 2.87. The monoisotopic (exact) mass is 410 g/mol. The van der Waals surface area contributed by atoms with Gasteiger partial charge in [0.1, 0.15) is 11.8 Å². The molecule has 2 nitrogen and oxygen atoms in total. The van der Waals surface area contributed by atoms with Gasteiger partial charge in [-0.25, -0.2) is 0 Å². The molecule has 128 valence electrons. The Labute approximate surface area is 141 Å². The maximum atomic E-state index is 13.3. The van der Waals surface area contributed by atoms with Crippen LogP contribution in [0.15, 0.2) is 22.7 Å². The molecular weight excluding hydrogens is 402 g/mol. The Morgan fingerprint density at radius 3 is 2.21 bits per heavy atom. The van der Waals surface area contributed by atoms with Gasteiger partial charge >= 0.3 is 12.4 Å². The minimum absolute atomic E-state index is 0.0892. The van der Waals surface area contributed by atoms with E-state index >= 15 is 0 Å². The van der Waals surface area contributed by atoms with Crippen molar-refractivity contribution in [1.82, 2.24) is 4.98 Å². The number of hydrogen-bond acceptors (Lipinski definition) is 1. The van der Waals surface area contributed by atoms with E-state index in [1.165, 1.54) is 12.1 Å².